The fourth-order valence-electron chi connectivity index (χ4n) is 1.83. The van der Waals surface area contributed by atoms with E-state index in [2.05, 4.69) is 24.1 Å². The first-order valence-corrected chi connectivity index (χ1v) is 7.60. The van der Waals surface area contributed by atoms with Gasteiger partial charge in [0.25, 0.3) is 5.91 Å². The third-order valence-corrected chi connectivity index (χ3v) is 3.83. The second kappa shape index (κ2) is 7.24. The molecule has 1 aromatic carbocycles. The summed E-state index contributed by atoms with van der Waals surface area (Å²) in [5, 5.41) is 12.5. The highest BCUT2D eigenvalue weighted by atomic mass is 32.2. The lowest BCUT2D eigenvalue weighted by Gasteiger charge is -2.09. The van der Waals surface area contributed by atoms with Crippen LogP contribution in [0.4, 0.5) is 5.69 Å². The molecule has 0 fully saturated rings. The van der Waals surface area contributed by atoms with Crippen LogP contribution in [-0.4, -0.2) is 21.2 Å². The topological polar surface area (TPSA) is 62.2 Å². The molecule has 0 spiro atoms. The number of hydrogen-bond acceptors (Lipinski definition) is 4. The van der Waals surface area contributed by atoms with Crippen LogP contribution >= 0.6 is 11.8 Å². The second-order valence-corrected chi connectivity index (χ2v) is 6.49. The van der Waals surface area contributed by atoms with Crippen LogP contribution < -0.4 is 5.32 Å². The largest absolute Gasteiger partial charge is 0.392 e. The number of nitrogens with one attached hydrogen (secondary N) is 1. The van der Waals surface area contributed by atoms with Crippen molar-refractivity contribution < 1.29 is 9.90 Å². The Kier molecular flexibility index (Phi) is 5.36. The Morgan fingerprint density at radius 2 is 2.00 bits per heavy atom. The zero-order valence-electron chi connectivity index (χ0n) is 12.0. The maximum atomic E-state index is 12.2. The molecule has 0 aliphatic rings. The van der Waals surface area contributed by atoms with Crippen molar-refractivity contribution in [3.63, 3.8) is 0 Å². The highest BCUT2D eigenvalue weighted by Gasteiger charge is 2.09. The van der Waals surface area contributed by atoms with Crippen molar-refractivity contribution in [3.05, 3.63) is 53.9 Å². The van der Waals surface area contributed by atoms with E-state index >= 15 is 0 Å². The molecule has 110 valence electrons. The first kappa shape index (κ1) is 15.5. The van der Waals surface area contributed by atoms with Crippen LogP contribution in [0.2, 0.25) is 0 Å². The number of carbonyl (C=O) groups excluding carboxylic acids is 1. The summed E-state index contributed by atoms with van der Waals surface area (Å²) in [6.07, 6.45) is 3.12. The molecular formula is C16H18N2O2S. The Hall–Kier alpha value is -1.85. The molecule has 5 heteroatoms. The molecule has 1 amide bonds. The highest BCUT2D eigenvalue weighted by molar-refractivity contribution is 7.99. The van der Waals surface area contributed by atoms with Gasteiger partial charge < -0.3 is 10.4 Å². The van der Waals surface area contributed by atoms with Crippen LogP contribution in [0.3, 0.4) is 0 Å². The molecule has 4 nitrogen and oxygen atoms in total. The fourth-order valence-corrected chi connectivity index (χ4v) is 2.66. The molecular weight excluding hydrogens is 284 g/mol. The Bertz CT molecular complexity index is 612. The van der Waals surface area contributed by atoms with Crippen LogP contribution in [-0.2, 0) is 6.61 Å². The number of nitrogens with zero attached hydrogens (tertiary/aromatic N) is 1. The number of aliphatic hydroxyl groups excluding tert-OH is 1. The van der Waals surface area contributed by atoms with Crippen LogP contribution in [0.1, 0.15) is 29.8 Å². The van der Waals surface area contributed by atoms with E-state index in [1.54, 1.807) is 36.2 Å². The van der Waals surface area contributed by atoms with Gasteiger partial charge in [-0.2, -0.15) is 0 Å². The average Bonchev–Trinajstić information content (AvgIpc) is 2.48. The molecule has 1 aromatic heterocycles. The lowest BCUT2D eigenvalue weighted by atomic mass is 10.2. The number of aliphatic hydroxyl groups is 1. The molecule has 2 rings (SSSR count). The molecule has 0 bridgehead atoms. The molecule has 1 heterocycles. The van der Waals surface area contributed by atoms with Crippen molar-refractivity contribution in [1.82, 2.24) is 4.98 Å². The van der Waals surface area contributed by atoms with Gasteiger partial charge in [-0.25, -0.2) is 0 Å². The molecule has 0 radical (unpaired) electrons. The van der Waals surface area contributed by atoms with Crippen molar-refractivity contribution in [2.75, 3.05) is 5.32 Å². The van der Waals surface area contributed by atoms with Gasteiger partial charge in [-0.1, -0.05) is 13.8 Å². The van der Waals surface area contributed by atoms with Gasteiger partial charge in [0.2, 0.25) is 0 Å². The Morgan fingerprint density at radius 1 is 1.29 bits per heavy atom. The van der Waals surface area contributed by atoms with E-state index in [4.69, 9.17) is 0 Å². The van der Waals surface area contributed by atoms with Gasteiger partial charge in [0.15, 0.2) is 0 Å². The van der Waals surface area contributed by atoms with E-state index in [1.807, 2.05) is 12.1 Å². The number of anilines is 1. The zero-order valence-corrected chi connectivity index (χ0v) is 12.9. The lowest BCUT2D eigenvalue weighted by molar-refractivity contribution is 0.102. The molecule has 0 aliphatic heterocycles. The minimum Gasteiger partial charge on any atom is -0.392 e. The van der Waals surface area contributed by atoms with Crippen molar-refractivity contribution in [1.29, 1.82) is 0 Å². The van der Waals surface area contributed by atoms with E-state index in [0.29, 0.717) is 22.1 Å². The Labute approximate surface area is 128 Å². The van der Waals surface area contributed by atoms with E-state index < -0.39 is 0 Å². The van der Waals surface area contributed by atoms with Gasteiger partial charge in [0.1, 0.15) is 0 Å². The van der Waals surface area contributed by atoms with E-state index in [1.165, 1.54) is 6.20 Å². The van der Waals surface area contributed by atoms with Gasteiger partial charge in [0.05, 0.1) is 18.5 Å². The first-order valence-electron chi connectivity index (χ1n) is 6.72. The summed E-state index contributed by atoms with van der Waals surface area (Å²) in [4.78, 5) is 17.3. The Morgan fingerprint density at radius 3 is 2.62 bits per heavy atom. The summed E-state index contributed by atoms with van der Waals surface area (Å²) >= 11 is 1.75. The SMILES string of the molecule is CC(C)Sc1ccc(C(=O)Nc2cnccc2CO)cc1. The van der Waals surface area contributed by atoms with E-state index in [-0.39, 0.29) is 12.5 Å². The number of carbonyl (C=O) groups is 1. The summed E-state index contributed by atoms with van der Waals surface area (Å²) in [5.41, 5.74) is 1.76. The van der Waals surface area contributed by atoms with Crippen LogP contribution in [0, 0.1) is 0 Å². The van der Waals surface area contributed by atoms with Gasteiger partial charge >= 0.3 is 0 Å². The van der Waals surface area contributed by atoms with Crippen molar-refractivity contribution >= 4 is 23.4 Å². The lowest BCUT2D eigenvalue weighted by Crippen LogP contribution is -2.13. The van der Waals surface area contributed by atoms with Crippen LogP contribution in [0.15, 0.2) is 47.6 Å². The summed E-state index contributed by atoms with van der Waals surface area (Å²) in [6, 6.07) is 9.16. The monoisotopic (exact) mass is 302 g/mol. The number of hydrogen-bond donors (Lipinski definition) is 2. The standard InChI is InChI=1S/C16H18N2O2S/c1-11(2)21-14-5-3-12(4-6-14)16(20)18-15-9-17-8-7-13(15)10-19/h3-9,11,19H,10H2,1-2H3,(H,18,20). The predicted octanol–water partition coefficient (Wildman–Crippen LogP) is 3.33. The third-order valence-electron chi connectivity index (χ3n) is 2.82. The number of thioether (sulfide) groups is 1. The van der Waals surface area contributed by atoms with Gasteiger partial charge in [0, 0.05) is 27.5 Å². The van der Waals surface area contributed by atoms with Gasteiger partial charge in [-0.05, 0) is 30.3 Å². The summed E-state index contributed by atoms with van der Waals surface area (Å²) in [7, 11) is 0. The predicted molar refractivity (Wildman–Crippen MR) is 85.5 cm³/mol. The maximum Gasteiger partial charge on any atom is 0.255 e. The van der Waals surface area contributed by atoms with Gasteiger partial charge in [-0.3, -0.25) is 9.78 Å². The van der Waals surface area contributed by atoms with E-state index in [0.717, 1.165) is 4.90 Å². The Balaban J connectivity index is 2.09. The quantitative estimate of drug-likeness (QED) is 0.832. The van der Waals surface area contributed by atoms with Crippen LogP contribution in [0.25, 0.3) is 0 Å². The minimum absolute atomic E-state index is 0.137. The van der Waals surface area contributed by atoms with Gasteiger partial charge in [-0.15, -0.1) is 11.8 Å². The maximum absolute atomic E-state index is 12.2. The zero-order chi connectivity index (χ0) is 15.2. The van der Waals surface area contributed by atoms with Crippen molar-refractivity contribution in [2.24, 2.45) is 0 Å². The molecule has 0 saturated carbocycles. The molecule has 2 aromatic rings. The molecule has 2 N–H and O–H groups in total. The summed E-state index contributed by atoms with van der Waals surface area (Å²) in [5.74, 6) is -0.209. The third kappa shape index (κ3) is 4.31. The minimum atomic E-state index is -0.209. The number of amides is 1. The molecule has 0 unspecified atom stereocenters. The number of pyridine rings is 1. The number of aromatic nitrogens is 1. The normalized spacial score (nSPS) is 10.7. The number of benzene rings is 1. The highest BCUT2D eigenvalue weighted by Crippen LogP contribution is 2.23. The molecule has 0 atom stereocenters. The smallest absolute Gasteiger partial charge is 0.255 e. The number of rotatable bonds is 5. The average molecular weight is 302 g/mol. The second-order valence-electron chi connectivity index (χ2n) is 4.84. The first-order chi connectivity index (χ1) is 10.1. The van der Waals surface area contributed by atoms with Crippen LogP contribution in [0.5, 0.6) is 0 Å². The summed E-state index contributed by atoms with van der Waals surface area (Å²) in [6.45, 7) is 4.12. The fraction of sp³-hybridized carbons (Fsp3) is 0.250. The van der Waals surface area contributed by atoms with E-state index in [9.17, 15) is 9.90 Å². The molecule has 0 aliphatic carbocycles. The van der Waals surface area contributed by atoms with Crippen molar-refractivity contribution in [2.45, 2.75) is 30.6 Å². The molecule has 21 heavy (non-hydrogen) atoms. The summed E-state index contributed by atoms with van der Waals surface area (Å²) < 4.78 is 0. The van der Waals surface area contributed by atoms with Crippen molar-refractivity contribution in [3.8, 4) is 0 Å². The molecule has 0 saturated heterocycles.